The molecule has 9 nitrogen and oxygen atoms in total. The van der Waals surface area contributed by atoms with E-state index in [0.717, 1.165) is 11.5 Å². The number of fused-ring (bicyclic) bond motifs is 3. The van der Waals surface area contributed by atoms with Gasteiger partial charge in [0.15, 0.2) is 0 Å². The van der Waals surface area contributed by atoms with Crippen molar-refractivity contribution in [3.05, 3.63) is 83.9 Å². The molecular formula is C34H43N4O5+. The van der Waals surface area contributed by atoms with Crippen LogP contribution in [0.15, 0.2) is 72.8 Å². The van der Waals surface area contributed by atoms with E-state index in [1.54, 1.807) is 0 Å². The smallest absolute Gasteiger partial charge is 0.407 e. The summed E-state index contributed by atoms with van der Waals surface area (Å²) in [7, 11) is 0. The number of hydrogen-bond acceptors (Lipinski definition) is 5. The van der Waals surface area contributed by atoms with E-state index >= 15 is 0 Å². The number of alkyl carbamates (subject to hydrolysis) is 2. The molecule has 0 fully saturated rings. The number of carbonyl (C=O) groups excluding carboxylic acids is 2. The average molecular weight is 588 g/mol. The standard InChI is InChI=1S/C34H42N4O5/c1-6-35-31(38(7-2)24-13-12-14-25(21-24)41-20-19-36-33(40)43-34(3,4)5)22-37-32(39)42-23-30-28-17-10-8-15-26(28)27-16-9-11-18-29(27)30/h8-18,21,30H,6-7,19-20,22-23H2,1-5H3,(H2,36,37,39,40)/p+1. The third kappa shape index (κ3) is 8.50. The number of carbonyl (C=O) groups is 2. The van der Waals surface area contributed by atoms with Crippen molar-refractivity contribution in [1.82, 2.24) is 16.0 Å². The molecule has 1 aliphatic rings. The number of nitrogens with one attached hydrogen (secondary N) is 3. The van der Waals surface area contributed by atoms with Crippen LogP contribution in [0.2, 0.25) is 0 Å². The molecule has 0 atom stereocenters. The van der Waals surface area contributed by atoms with E-state index in [-0.39, 0.29) is 19.1 Å². The lowest BCUT2D eigenvalue weighted by Gasteiger charge is -2.19. The van der Waals surface area contributed by atoms with Crippen molar-refractivity contribution in [2.24, 2.45) is 0 Å². The number of likely N-dealkylation sites (N-methyl/N-ethyl adjacent to an activating group) is 1. The number of amides is 2. The molecule has 0 bridgehead atoms. The van der Waals surface area contributed by atoms with Crippen molar-refractivity contribution < 1.29 is 28.4 Å². The molecule has 228 valence electrons. The van der Waals surface area contributed by atoms with Crippen LogP contribution >= 0.6 is 0 Å². The van der Waals surface area contributed by atoms with Crippen LogP contribution in [0.1, 0.15) is 51.7 Å². The summed E-state index contributed by atoms with van der Waals surface area (Å²) in [5.41, 5.74) is 5.10. The number of rotatable bonds is 11. The number of amidine groups is 1. The maximum Gasteiger partial charge on any atom is 0.407 e. The SMILES string of the molecule is CCNC(CNC(=O)OCC1c2ccccc2-c2ccccc21)=[N+](CC)c1cccc(OCCNC(=O)OC(C)(C)C)c1. The molecule has 0 aromatic heterocycles. The first-order chi connectivity index (χ1) is 20.7. The fraction of sp³-hybridized carbons (Fsp3) is 0.382. The summed E-state index contributed by atoms with van der Waals surface area (Å²) in [4.78, 5) is 24.7. The van der Waals surface area contributed by atoms with Crippen molar-refractivity contribution in [3.8, 4) is 16.9 Å². The molecule has 0 heterocycles. The number of hydrogen-bond donors (Lipinski definition) is 3. The molecule has 0 saturated carbocycles. The van der Waals surface area contributed by atoms with Crippen molar-refractivity contribution in [2.45, 2.75) is 46.1 Å². The van der Waals surface area contributed by atoms with Crippen LogP contribution in [-0.4, -0.2) is 67.6 Å². The summed E-state index contributed by atoms with van der Waals surface area (Å²) in [5.74, 6) is 1.51. The quantitative estimate of drug-likeness (QED) is 0.113. The van der Waals surface area contributed by atoms with E-state index < -0.39 is 17.8 Å². The Hall–Kier alpha value is -4.53. The van der Waals surface area contributed by atoms with E-state index in [1.165, 1.54) is 22.3 Å². The summed E-state index contributed by atoms with van der Waals surface area (Å²) in [6.07, 6.45) is -0.946. The largest absolute Gasteiger partial charge is 0.492 e. The molecule has 3 N–H and O–H groups in total. The highest BCUT2D eigenvalue weighted by atomic mass is 16.6. The zero-order valence-corrected chi connectivity index (χ0v) is 25.7. The first kappa shape index (κ1) is 31.4. The summed E-state index contributed by atoms with van der Waals surface area (Å²) in [5, 5.41) is 9.00. The molecule has 1 aliphatic carbocycles. The van der Waals surface area contributed by atoms with E-state index in [0.29, 0.717) is 32.0 Å². The molecule has 43 heavy (non-hydrogen) atoms. The Morgan fingerprint density at radius 3 is 2.14 bits per heavy atom. The van der Waals surface area contributed by atoms with Gasteiger partial charge < -0.3 is 24.8 Å². The van der Waals surface area contributed by atoms with Crippen LogP contribution in [0.3, 0.4) is 0 Å². The van der Waals surface area contributed by atoms with Gasteiger partial charge in [0.25, 0.3) is 5.84 Å². The molecule has 0 aliphatic heterocycles. The second-order valence-electron chi connectivity index (χ2n) is 11.2. The molecule has 4 rings (SSSR count). The minimum atomic E-state index is -0.552. The maximum absolute atomic E-state index is 12.9. The highest BCUT2D eigenvalue weighted by Crippen LogP contribution is 2.44. The number of nitrogens with zero attached hydrogens (tertiary/aromatic N) is 1. The first-order valence-corrected chi connectivity index (χ1v) is 14.9. The van der Waals surface area contributed by atoms with Crippen LogP contribution in [0.5, 0.6) is 5.75 Å². The number of benzene rings is 3. The van der Waals surface area contributed by atoms with Gasteiger partial charge in [0, 0.05) is 12.0 Å². The Balaban J connectivity index is 1.35. The summed E-state index contributed by atoms with van der Waals surface area (Å²) in [6.45, 7) is 12.0. The van der Waals surface area contributed by atoms with Gasteiger partial charge in [0.2, 0.25) is 0 Å². The van der Waals surface area contributed by atoms with E-state index in [4.69, 9.17) is 14.2 Å². The lowest BCUT2D eigenvalue weighted by atomic mass is 9.98. The Morgan fingerprint density at radius 2 is 1.51 bits per heavy atom. The van der Waals surface area contributed by atoms with Crippen molar-refractivity contribution >= 4 is 23.7 Å². The van der Waals surface area contributed by atoms with Gasteiger partial charge in [0.1, 0.15) is 36.8 Å². The Bertz CT molecular complexity index is 1400. The molecule has 3 aromatic carbocycles. The summed E-state index contributed by atoms with van der Waals surface area (Å²) >= 11 is 0. The maximum atomic E-state index is 12.9. The molecule has 0 saturated heterocycles. The van der Waals surface area contributed by atoms with Crippen LogP contribution in [0.25, 0.3) is 11.1 Å². The van der Waals surface area contributed by atoms with Crippen molar-refractivity contribution in [2.75, 3.05) is 39.4 Å². The molecule has 2 amide bonds. The third-order valence-electron chi connectivity index (χ3n) is 6.94. The van der Waals surface area contributed by atoms with E-state index in [1.807, 2.05) is 83.1 Å². The van der Waals surface area contributed by atoms with Gasteiger partial charge >= 0.3 is 12.2 Å². The molecule has 3 aromatic rings. The summed E-state index contributed by atoms with van der Waals surface area (Å²) < 4.78 is 18.9. The van der Waals surface area contributed by atoms with Crippen LogP contribution in [0, 0.1) is 0 Å². The number of ether oxygens (including phenoxy) is 3. The summed E-state index contributed by atoms with van der Waals surface area (Å²) in [6, 6.07) is 24.3. The van der Waals surface area contributed by atoms with E-state index in [9.17, 15) is 9.59 Å². The topological polar surface area (TPSA) is 101 Å². The van der Waals surface area contributed by atoms with Gasteiger partial charge in [-0.3, -0.25) is 5.32 Å². The molecule has 0 radical (unpaired) electrons. The Kier molecular flexibility index (Phi) is 10.6. The minimum absolute atomic E-state index is 0.00424. The minimum Gasteiger partial charge on any atom is -0.492 e. The predicted octanol–water partition coefficient (Wildman–Crippen LogP) is 5.80. The van der Waals surface area contributed by atoms with Crippen LogP contribution in [-0.2, 0) is 9.47 Å². The zero-order valence-electron chi connectivity index (χ0n) is 25.7. The normalized spacial score (nSPS) is 12.9. The Labute approximate surface area is 254 Å². The first-order valence-electron chi connectivity index (χ1n) is 14.9. The Morgan fingerprint density at radius 1 is 0.837 bits per heavy atom. The van der Waals surface area contributed by atoms with E-state index in [2.05, 4.69) is 44.8 Å². The lowest BCUT2D eigenvalue weighted by molar-refractivity contribution is -0.439. The monoisotopic (exact) mass is 587 g/mol. The van der Waals surface area contributed by atoms with Gasteiger partial charge in [-0.2, -0.15) is 0 Å². The molecule has 0 spiro atoms. The third-order valence-corrected chi connectivity index (χ3v) is 6.94. The highest BCUT2D eigenvalue weighted by molar-refractivity contribution is 5.84. The van der Waals surface area contributed by atoms with Crippen molar-refractivity contribution in [3.63, 3.8) is 0 Å². The van der Waals surface area contributed by atoms with Crippen LogP contribution < -0.4 is 20.7 Å². The molecule has 0 unspecified atom stereocenters. The van der Waals surface area contributed by atoms with Gasteiger partial charge in [-0.05, 0) is 69.0 Å². The fourth-order valence-electron chi connectivity index (χ4n) is 5.17. The van der Waals surface area contributed by atoms with Gasteiger partial charge in [-0.25, -0.2) is 14.2 Å². The van der Waals surface area contributed by atoms with Gasteiger partial charge in [-0.1, -0.05) is 54.6 Å². The molecule has 9 heteroatoms. The predicted molar refractivity (Wildman–Crippen MR) is 168 cm³/mol. The fourth-order valence-corrected chi connectivity index (χ4v) is 5.17. The van der Waals surface area contributed by atoms with Gasteiger partial charge in [-0.15, -0.1) is 0 Å². The average Bonchev–Trinajstić information content (AvgIpc) is 3.30. The van der Waals surface area contributed by atoms with Gasteiger partial charge in [0.05, 0.1) is 19.6 Å². The highest BCUT2D eigenvalue weighted by Gasteiger charge is 2.29. The van der Waals surface area contributed by atoms with Crippen molar-refractivity contribution in [1.29, 1.82) is 0 Å². The lowest BCUT2D eigenvalue weighted by Crippen LogP contribution is -2.42. The molecular weight excluding hydrogens is 544 g/mol. The van der Waals surface area contributed by atoms with Crippen LogP contribution in [0.4, 0.5) is 15.3 Å². The zero-order chi connectivity index (χ0) is 30.8. The second kappa shape index (κ2) is 14.6. The second-order valence-corrected chi connectivity index (χ2v) is 11.2.